The zero-order chi connectivity index (χ0) is 9.68. The zero-order valence-electron chi connectivity index (χ0n) is 7.86. The van der Waals surface area contributed by atoms with E-state index < -0.39 is 0 Å². The Balaban J connectivity index is 2.44. The van der Waals surface area contributed by atoms with Crippen molar-refractivity contribution in [3.05, 3.63) is 18.2 Å². The van der Waals surface area contributed by atoms with Crippen LogP contribution in [0, 0.1) is 0 Å². The standard InChI is InChI=1S/C9H15N3O/c1-2-5-12-6-8(11-7-12)3-4-9(10)13/h6-7H,2-5H2,1H3,(H2,10,13). The molecule has 0 radical (unpaired) electrons. The van der Waals surface area contributed by atoms with Crippen molar-refractivity contribution in [2.24, 2.45) is 5.73 Å². The van der Waals surface area contributed by atoms with Gasteiger partial charge in [-0.2, -0.15) is 0 Å². The first kappa shape index (κ1) is 9.77. The third-order valence-electron chi connectivity index (χ3n) is 1.80. The van der Waals surface area contributed by atoms with Crippen LogP contribution >= 0.6 is 0 Å². The minimum absolute atomic E-state index is 0.273. The smallest absolute Gasteiger partial charge is 0.217 e. The number of carbonyl (C=O) groups excluding carboxylic acids is 1. The van der Waals surface area contributed by atoms with Gasteiger partial charge < -0.3 is 10.3 Å². The van der Waals surface area contributed by atoms with Crippen molar-refractivity contribution in [1.82, 2.24) is 9.55 Å². The number of nitrogens with two attached hydrogens (primary N) is 1. The first-order valence-electron chi connectivity index (χ1n) is 4.51. The molecule has 1 heterocycles. The molecule has 13 heavy (non-hydrogen) atoms. The molecular weight excluding hydrogens is 166 g/mol. The van der Waals surface area contributed by atoms with Gasteiger partial charge in [-0.3, -0.25) is 4.79 Å². The Bertz CT molecular complexity index is 280. The maximum atomic E-state index is 10.5. The van der Waals surface area contributed by atoms with E-state index in [0.29, 0.717) is 12.8 Å². The van der Waals surface area contributed by atoms with Crippen molar-refractivity contribution in [2.75, 3.05) is 0 Å². The number of rotatable bonds is 5. The van der Waals surface area contributed by atoms with Crippen LogP contribution in [0.25, 0.3) is 0 Å². The largest absolute Gasteiger partial charge is 0.370 e. The third-order valence-corrected chi connectivity index (χ3v) is 1.80. The predicted octanol–water partition coefficient (Wildman–Crippen LogP) is 0.711. The fourth-order valence-corrected chi connectivity index (χ4v) is 1.17. The molecule has 0 aliphatic carbocycles. The van der Waals surface area contributed by atoms with Crippen LogP contribution in [0.15, 0.2) is 12.5 Å². The summed E-state index contributed by atoms with van der Waals surface area (Å²) in [5.41, 5.74) is 5.97. The summed E-state index contributed by atoms with van der Waals surface area (Å²) in [5.74, 6) is -0.273. The van der Waals surface area contributed by atoms with Crippen LogP contribution in [0.5, 0.6) is 0 Å². The zero-order valence-corrected chi connectivity index (χ0v) is 7.86. The second-order valence-corrected chi connectivity index (χ2v) is 3.07. The lowest BCUT2D eigenvalue weighted by atomic mass is 10.2. The van der Waals surface area contributed by atoms with Gasteiger partial charge in [0.1, 0.15) is 0 Å². The van der Waals surface area contributed by atoms with Gasteiger partial charge >= 0.3 is 0 Å². The summed E-state index contributed by atoms with van der Waals surface area (Å²) in [7, 11) is 0. The molecule has 1 amide bonds. The number of amides is 1. The molecule has 0 fully saturated rings. The first-order valence-corrected chi connectivity index (χ1v) is 4.51. The number of hydrogen-bond donors (Lipinski definition) is 1. The molecule has 0 aromatic carbocycles. The Labute approximate surface area is 77.8 Å². The monoisotopic (exact) mass is 181 g/mol. The van der Waals surface area contributed by atoms with Gasteiger partial charge in [0.2, 0.25) is 5.91 Å². The van der Waals surface area contributed by atoms with Gasteiger partial charge in [0, 0.05) is 19.2 Å². The van der Waals surface area contributed by atoms with Crippen LogP contribution in [0.1, 0.15) is 25.5 Å². The van der Waals surface area contributed by atoms with Crippen LogP contribution in [0.3, 0.4) is 0 Å². The Morgan fingerprint density at radius 3 is 3.08 bits per heavy atom. The van der Waals surface area contributed by atoms with E-state index in [4.69, 9.17) is 5.73 Å². The minimum Gasteiger partial charge on any atom is -0.370 e. The molecule has 0 aliphatic rings. The molecule has 1 rings (SSSR count). The highest BCUT2D eigenvalue weighted by Crippen LogP contribution is 2.00. The first-order chi connectivity index (χ1) is 6.22. The van der Waals surface area contributed by atoms with E-state index in [2.05, 4.69) is 11.9 Å². The van der Waals surface area contributed by atoms with Gasteiger partial charge in [-0.25, -0.2) is 4.98 Å². The molecule has 0 saturated carbocycles. The molecule has 0 saturated heterocycles. The molecular formula is C9H15N3O. The molecule has 72 valence electrons. The lowest BCUT2D eigenvalue weighted by Crippen LogP contribution is -2.11. The molecule has 1 aromatic rings. The predicted molar refractivity (Wildman–Crippen MR) is 50.0 cm³/mol. The van der Waals surface area contributed by atoms with Crippen LogP contribution in [-0.2, 0) is 17.8 Å². The quantitative estimate of drug-likeness (QED) is 0.727. The Morgan fingerprint density at radius 2 is 2.46 bits per heavy atom. The second kappa shape index (κ2) is 4.64. The van der Waals surface area contributed by atoms with E-state index in [1.807, 2.05) is 10.8 Å². The maximum absolute atomic E-state index is 10.5. The number of primary amides is 1. The highest BCUT2D eigenvalue weighted by molar-refractivity contribution is 5.73. The van der Waals surface area contributed by atoms with Gasteiger partial charge in [0.25, 0.3) is 0 Å². The summed E-state index contributed by atoms with van der Waals surface area (Å²) in [6, 6.07) is 0. The van der Waals surface area contributed by atoms with Crippen LogP contribution in [0.2, 0.25) is 0 Å². The summed E-state index contributed by atoms with van der Waals surface area (Å²) in [6.07, 6.45) is 5.87. The molecule has 0 atom stereocenters. The van der Waals surface area contributed by atoms with Gasteiger partial charge in [0.15, 0.2) is 0 Å². The van der Waals surface area contributed by atoms with Gasteiger partial charge in [-0.05, 0) is 12.8 Å². The SMILES string of the molecule is CCCn1cnc(CCC(N)=O)c1. The Kier molecular flexibility index (Phi) is 3.49. The number of nitrogens with zero attached hydrogens (tertiary/aromatic N) is 2. The van der Waals surface area contributed by atoms with Gasteiger partial charge in [-0.1, -0.05) is 6.92 Å². The average molecular weight is 181 g/mol. The number of aryl methyl sites for hydroxylation is 2. The molecule has 0 bridgehead atoms. The number of imidazole rings is 1. The molecule has 1 aromatic heterocycles. The lowest BCUT2D eigenvalue weighted by Gasteiger charge is -1.95. The second-order valence-electron chi connectivity index (χ2n) is 3.07. The highest BCUT2D eigenvalue weighted by Gasteiger charge is 2.00. The summed E-state index contributed by atoms with van der Waals surface area (Å²) in [4.78, 5) is 14.7. The van der Waals surface area contributed by atoms with Crippen molar-refractivity contribution in [2.45, 2.75) is 32.7 Å². The third kappa shape index (κ3) is 3.27. The van der Waals surface area contributed by atoms with E-state index >= 15 is 0 Å². The average Bonchev–Trinajstić information content (AvgIpc) is 2.50. The van der Waals surface area contributed by atoms with Crippen molar-refractivity contribution in [3.8, 4) is 0 Å². The summed E-state index contributed by atoms with van der Waals surface area (Å²) < 4.78 is 2.02. The molecule has 4 nitrogen and oxygen atoms in total. The molecule has 0 spiro atoms. The fourth-order valence-electron chi connectivity index (χ4n) is 1.17. The lowest BCUT2D eigenvalue weighted by molar-refractivity contribution is -0.118. The van der Waals surface area contributed by atoms with E-state index in [1.54, 1.807) is 6.33 Å². The highest BCUT2D eigenvalue weighted by atomic mass is 16.1. The summed E-state index contributed by atoms with van der Waals surface area (Å²) in [5, 5.41) is 0. The van der Waals surface area contributed by atoms with Crippen LogP contribution in [-0.4, -0.2) is 15.5 Å². The van der Waals surface area contributed by atoms with Crippen molar-refractivity contribution < 1.29 is 4.79 Å². The van der Waals surface area contributed by atoms with Gasteiger partial charge in [-0.15, -0.1) is 0 Å². The van der Waals surface area contributed by atoms with E-state index in [-0.39, 0.29) is 5.91 Å². The number of hydrogen-bond acceptors (Lipinski definition) is 2. The molecule has 0 aliphatic heterocycles. The minimum atomic E-state index is -0.273. The molecule has 2 N–H and O–H groups in total. The van der Waals surface area contributed by atoms with Crippen molar-refractivity contribution in [1.29, 1.82) is 0 Å². The summed E-state index contributed by atoms with van der Waals surface area (Å²) >= 11 is 0. The van der Waals surface area contributed by atoms with Crippen LogP contribution < -0.4 is 5.73 Å². The fraction of sp³-hybridized carbons (Fsp3) is 0.556. The van der Waals surface area contributed by atoms with Crippen molar-refractivity contribution >= 4 is 5.91 Å². The number of carbonyl (C=O) groups is 1. The number of aromatic nitrogens is 2. The molecule has 4 heteroatoms. The van der Waals surface area contributed by atoms with E-state index in [0.717, 1.165) is 18.7 Å². The van der Waals surface area contributed by atoms with E-state index in [1.165, 1.54) is 0 Å². The maximum Gasteiger partial charge on any atom is 0.217 e. The van der Waals surface area contributed by atoms with E-state index in [9.17, 15) is 4.79 Å². The Hall–Kier alpha value is -1.32. The normalized spacial score (nSPS) is 10.2. The summed E-state index contributed by atoms with van der Waals surface area (Å²) in [6.45, 7) is 3.09. The Morgan fingerprint density at radius 1 is 1.69 bits per heavy atom. The van der Waals surface area contributed by atoms with Crippen LogP contribution in [0.4, 0.5) is 0 Å². The van der Waals surface area contributed by atoms with Gasteiger partial charge in [0.05, 0.1) is 12.0 Å². The van der Waals surface area contributed by atoms with Crippen molar-refractivity contribution in [3.63, 3.8) is 0 Å². The molecule has 0 unspecified atom stereocenters. The topological polar surface area (TPSA) is 60.9 Å².